The van der Waals surface area contributed by atoms with Crippen LogP contribution in [0.5, 0.6) is 5.75 Å². The summed E-state index contributed by atoms with van der Waals surface area (Å²) in [4.78, 5) is 22.2. The molecule has 0 heterocycles. The van der Waals surface area contributed by atoms with E-state index in [0.29, 0.717) is 0 Å². The molecule has 0 saturated heterocycles. The summed E-state index contributed by atoms with van der Waals surface area (Å²) >= 11 is 0. The van der Waals surface area contributed by atoms with Gasteiger partial charge in [0.2, 0.25) is 0 Å². The van der Waals surface area contributed by atoms with E-state index in [9.17, 15) is 14.0 Å². The molecule has 1 rings (SSSR count). The van der Waals surface area contributed by atoms with Gasteiger partial charge in [0, 0.05) is 12.1 Å². The molecule has 1 aromatic carbocycles. The van der Waals surface area contributed by atoms with Gasteiger partial charge in [0.1, 0.15) is 11.6 Å². The Morgan fingerprint density at radius 1 is 1.35 bits per heavy atom. The lowest BCUT2D eigenvalue weighted by Crippen LogP contribution is -2.37. The molecule has 2 N–H and O–H groups in total. The van der Waals surface area contributed by atoms with Crippen LogP contribution < -0.4 is 10.1 Å². The molecule has 20 heavy (non-hydrogen) atoms. The van der Waals surface area contributed by atoms with Gasteiger partial charge in [0.05, 0.1) is 5.56 Å². The third-order valence-corrected chi connectivity index (χ3v) is 2.89. The Kier molecular flexibility index (Phi) is 5.96. The van der Waals surface area contributed by atoms with E-state index in [1.165, 1.54) is 6.07 Å². The zero-order valence-electron chi connectivity index (χ0n) is 11.5. The van der Waals surface area contributed by atoms with Gasteiger partial charge >= 0.3 is 5.97 Å². The fraction of sp³-hybridized carbons (Fsp3) is 0.429. The number of carbonyl (C=O) groups is 2. The first-order chi connectivity index (χ1) is 9.47. The first-order valence-corrected chi connectivity index (χ1v) is 6.42. The number of ether oxygens (including phenoxy) is 1. The highest BCUT2D eigenvalue weighted by Crippen LogP contribution is 2.16. The summed E-state index contributed by atoms with van der Waals surface area (Å²) in [6.07, 6.45) is 1.65. The van der Waals surface area contributed by atoms with Crippen LogP contribution in [0.4, 0.5) is 4.39 Å². The summed E-state index contributed by atoms with van der Waals surface area (Å²) in [5, 5.41) is 11.5. The Hall–Kier alpha value is -2.11. The van der Waals surface area contributed by atoms with Crippen molar-refractivity contribution in [3.63, 3.8) is 0 Å². The van der Waals surface area contributed by atoms with Gasteiger partial charge < -0.3 is 15.2 Å². The Morgan fingerprint density at radius 3 is 2.50 bits per heavy atom. The number of amides is 1. The molecule has 0 aliphatic carbocycles. The van der Waals surface area contributed by atoms with Crippen molar-refractivity contribution >= 4 is 11.9 Å². The highest BCUT2D eigenvalue weighted by atomic mass is 19.1. The molecule has 0 radical (unpaired) electrons. The van der Waals surface area contributed by atoms with Crippen LogP contribution >= 0.6 is 0 Å². The highest BCUT2D eigenvalue weighted by Gasteiger charge is 2.12. The van der Waals surface area contributed by atoms with E-state index in [4.69, 9.17) is 9.84 Å². The van der Waals surface area contributed by atoms with E-state index in [1.807, 2.05) is 13.8 Å². The third-order valence-electron chi connectivity index (χ3n) is 2.89. The number of nitrogens with one attached hydrogen (secondary N) is 1. The average molecular weight is 283 g/mol. The van der Waals surface area contributed by atoms with Crippen molar-refractivity contribution in [2.75, 3.05) is 6.61 Å². The number of carboxylic acid groups (broad SMARTS) is 1. The largest absolute Gasteiger partial charge is 0.484 e. The molecular weight excluding hydrogens is 265 g/mol. The fourth-order valence-electron chi connectivity index (χ4n) is 1.67. The lowest BCUT2D eigenvalue weighted by Gasteiger charge is -2.15. The molecule has 5 nitrogen and oxygen atoms in total. The predicted octanol–water partition coefficient (Wildman–Crippen LogP) is 2.21. The monoisotopic (exact) mass is 283 g/mol. The number of benzene rings is 1. The molecule has 0 aromatic heterocycles. The second kappa shape index (κ2) is 7.47. The second-order valence-corrected chi connectivity index (χ2v) is 4.32. The Labute approximate surface area is 116 Å². The molecular formula is C14H18FNO4. The Balaban J connectivity index is 2.56. The number of aromatic carboxylic acids is 1. The van der Waals surface area contributed by atoms with Gasteiger partial charge in [-0.2, -0.15) is 0 Å². The number of hydrogen-bond acceptors (Lipinski definition) is 3. The molecule has 0 fully saturated rings. The van der Waals surface area contributed by atoms with E-state index in [1.54, 1.807) is 0 Å². The van der Waals surface area contributed by atoms with Crippen molar-refractivity contribution in [3.05, 3.63) is 29.6 Å². The summed E-state index contributed by atoms with van der Waals surface area (Å²) in [5.41, 5.74) is -0.432. The first-order valence-electron chi connectivity index (χ1n) is 6.42. The number of hydrogen-bond donors (Lipinski definition) is 2. The molecule has 0 saturated carbocycles. The van der Waals surface area contributed by atoms with Gasteiger partial charge in [0.25, 0.3) is 5.91 Å². The number of carbonyl (C=O) groups excluding carboxylic acids is 1. The summed E-state index contributed by atoms with van der Waals surface area (Å²) in [7, 11) is 0. The van der Waals surface area contributed by atoms with E-state index in [0.717, 1.165) is 25.0 Å². The highest BCUT2D eigenvalue weighted by molar-refractivity contribution is 5.88. The molecule has 0 unspecified atom stereocenters. The Morgan fingerprint density at radius 2 is 2.00 bits per heavy atom. The maximum absolute atomic E-state index is 13.4. The minimum absolute atomic E-state index is 0.0947. The normalized spacial score (nSPS) is 10.4. The van der Waals surface area contributed by atoms with Crippen molar-refractivity contribution < 1.29 is 23.8 Å². The summed E-state index contributed by atoms with van der Waals surface area (Å²) < 4.78 is 18.5. The van der Waals surface area contributed by atoms with E-state index in [2.05, 4.69) is 5.32 Å². The Bertz CT molecular complexity index is 486. The van der Waals surface area contributed by atoms with Crippen molar-refractivity contribution in [1.29, 1.82) is 0 Å². The van der Waals surface area contributed by atoms with Crippen LogP contribution in [-0.4, -0.2) is 29.6 Å². The first kappa shape index (κ1) is 15.9. The smallest absolute Gasteiger partial charge is 0.338 e. The molecule has 0 bridgehead atoms. The van der Waals surface area contributed by atoms with Crippen molar-refractivity contribution in [2.24, 2.45) is 0 Å². The van der Waals surface area contributed by atoms with Gasteiger partial charge in [-0.1, -0.05) is 13.8 Å². The van der Waals surface area contributed by atoms with Gasteiger partial charge in [-0.05, 0) is 25.0 Å². The van der Waals surface area contributed by atoms with Crippen LogP contribution in [0.15, 0.2) is 18.2 Å². The second-order valence-electron chi connectivity index (χ2n) is 4.32. The summed E-state index contributed by atoms with van der Waals surface area (Å²) in [6.45, 7) is 3.70. The molecule has 6 heteroatoms. The van der Waals surface area contributed by atoms with Crippen molar-refractivity contribution in [3.8, 4) is 5.75 Å². The average Bonchev–Trinajstić information content (AvgIpc) is 2.42. The van der Waals surface area contributed by atoms with Crippen LogP contribution in [0.1, 0.15) is 37.0 Å². The molecule has 0 spiro atoms. The van der Waals surface area contributed by atoms with Crippen LogP contribution in [0.2, 0.25) is 0 Å². The lowest BCUT2D eigenvalue weighted by atomic mass is 10.2. The van der Waals surface area contributed by atoms with Crippen LogP contribution in [0.25, 0.3) is 0 Å². The summed E-state index contributed by atoms with van der Waals surface area (Å²) in [6, 6.07) is 3.47. The SMILES string of the molecule is CCC(CC)NC(=O)COc1ccc(C(=O)O)c(F)c1. The van der Waals surface area contributed by atoms with Crippen molar-refractivity contribution in [1.82, 2.24) is 5.32 Å². The summed E-state index contributed by atoms with van der Waals surface area (Å²) in [5.74, 6) is -2.41. The van der Waals surface area contributed by atoms with Gasteiger partial charge in [-0.3, -0.25) is 4.79 Å². The maximum atomic E-state index is 13.4. The van der Waals surface area contributed by atoms with E-state index >= 15 is 0 Å². The molecule has 1 aromatic rings. The number of carboxylic acids is 1. The van der Waals surface area contributed by atoms with Crippen molar-refractivity contribution in [2.45, 2.75) is 32.7 Å². The van der Waals surface area contributed by atoms with Crippen LogP contribution in [0, 0.1) is 5.82 Å². The fourth-order valence-corrected chi connectivity index (χ4v) is 1.67. The topological polar surface area (TPSA) is 75.6 Å². The minimum Gasteiger partial charge on any atom is -0.484 e. The quantitative estimate of drug-likeness (QED) is 0.804. The van der Waals surface area contributed by atoms with E-state index in [-0.39, 0.29) is 24.3 Å². The standard InChI is InChI=1S/C14H18FNO4/c1-3-9(4-2)16-13(17)8-20-10-5-6-11(14(18)19)12(15)7-10/h5-7,9H,3-4,8H2,1-2H3,(H,16,17)(H,18,19). The van der Waals surface area contributed by atoms with Gasteiger partial charge in [0.15, 0.2) is 6.61 Å². The van der Waals surface area contributed by atoms with Gasteiger partial charge in [-0.15, -0.1) is 0 Å². The zero-order chi connectivity index (χ0) is 15.1. The van der Waals surface area contributed by atoms with Gasteiger partial charge in [-0.25, -0.2) is 9.18 Å². The minimum atomic E-state index is -1.35. The predicted molar refractivity (Wildman–Crippen MR) is 71.4 cm³/mol. The van der Waals surface area contributed by atoms with Crippen LogP contribution in [0.3, 0.4) is 0 Å². The molecule has 0 atom stereocenters. The number of halogens is 1. The zero-order valence-corrected chi connectivity index (χ0v) is 11.5. The maximum Gasteiger partial charge on any atom is 0.338 e. The van der Waals surface area contributed by atoms with E-state index < -0.39 is 17.3 Å². The number of rotatable bonds is 7. The van der Waals surface area contributed by atoms with Crippen LogP contribution in [-0.2, 0) is 4.79 Å². The third kappa shape index (κ3) is 4.53. The lowest BCUT2D eigenvalue weighted by molar-refractivity contribution is -0.123. The molecule has 0 aliphatic rings. The molecule has 110 valence electrons. The molecule has 1 amide bonds. The molecule has 0 aliphatic heterocycles.